The Labute approximate surface area is 301 Å². The van der Waals surface area contributed by atoms with Gasteiger partial charge in [0.2, 0.25) is 0 Å². The molecule has 0 unspecified atom stereocenters. The average molecular weight is 847 g/mol. The largest absolute Gasteiger partial charge is 0.491 e. The van der Waals surface area contributed by atoms with Gasteiger partial charge in [-0.2, -0.15) is 0 Å². The number of rotatable bonds is 15. The Kier molecular flexibility index (Phi) is 16.5. The van der Waals surface area contributed by atoms with Gasteiger partial charge in [-0.1, -0.05) is 69.3 Å². The second-order valence-electron chi connectivity index (χ2n) is 10.7. The van der Waals surface area contributed by atoms with E-state index < -0.39 is 6.29 Å². The van der Waals surface area contributed by atoms with Crippen LogP contribution in [0.3, 0.4) is 0 Å². The first-order valence-corrected chi connectivity index (χ1v) is 17.7. The molecule has 244 valence electrons. The Morgan fingerprint density at radius 3 is 1.78 bits per heavy atom. The molecule has 0 heterocycles. The fourth-order valence-corrected chi connectivity index (χ4v) is 6.09. The van der Waals surface area contributed by atoms with E-state index in [0.717, 1.165) is 90.5 Å². The smallest absolute Gasteiger partial charge is 0.186 e. The highest BCUT2D eigenvalue weighted by atomic mass is 127. The minimum Gasteiger partial charge on any atom is -0.491 e. The predicted octanol–water partition coefficient (Wildman–Crippen LogP) is 5.90. The van der Waals surface area contributed by atoms with Crippen molar-refractivity contribution < 1.29 is 9.47 Å². The summed E-state index contributed by atoms with van der Waals surface area (Å²) in [7, 11) is 0. The van der Waals surface area contributed by atoms with Gasteiger partial charge >= 0.3 is 0 Å². The first-order chi connectivity index (χ1) is 22.2. The number of hydrogen-bond donors (Lipinski definition) is 5. The SMILES string of the molecule is CCCCCOc1c(I)cc(CN=C(N)N)cc1C#Cc1cccc(C#Cc2cc(CNC(N)N)cc(I)c2OCCCCC)c1. The van der Waals surface area contributed by atoms with E-state index in [2.05, 4.69) is 99.1 Å². The van der Waals surface area contributed by atoms with Gasteiger partial charge in [0.05, 0.1) is 38.0 Å². The van der Waals surface area contributed by atoms with Crippen LogP contribution in [-0.4, -0.2) is 25.5 Å². The van der Waals surface area contributed by atoms with Gasteiger partial charge in [-0.05, 0) is 112 Å². The molecule has 0 aliphatic heterocycles. The summed E-state index contributed by atoms with van der Waals surface area (Å²) >= 11 is 4.59. The number of benzene rings is 3. The van der Waals surface area contributed by atoms with Crippen molar-refractivity contribution in [3.8, 4) is 35.2 Å². The Hall–Kier alpha value is -3.01. The monoisotopic (exact) mass is 846 g/mol. The lowest BCUT2D eigenvalue weighted by Gasteiger charge is -2.14. The molecule has 10 heteroatoms. The van der Waals surface area contributed by atoms with Crippen molar-refractivity contribution in [3.63, 3.8) is 0 Å². The number of nitrogens with one attached hydrogen (secondary N) is 1. The van der Waals surface area contributed by atoms with E-state index in [4.69, 9.17) is 32.4 Å². The van der Waals surface area contributed by atoms with E-state index in [0.29, 0.717) is 26.3 Å². The molecule has 0 saturated heterocycles. The highest BCUT2D eigenvalue weighted by molar-refractivity contribution is 14.1. The number of unbranched alkanes of at least 4 members (excludes halogenated alkanes) is 4. The highest BCUT2D eigenvalue weighted by Gasteiger charge is 2.12. The van der Waals surface area contributed by atoms with Crippen molar-refractivity contribution in [2.45, 2.75) is 71.8 Å². The van der Waals surface area contributed by atoms with E-state index in [-0.39, 0.29) is 5.96 Å². The molecule has 3 aromatic carbocycles. The lowest BCUT2D eigenvalue weighted by Crippen LogP contribution is -2.44. The van der Waals surface area contributed by atoms with Gasteiger partial charge in [-0.3, -0.25) is 5.32 Å². The quantitative estimate of drug-likeness (QED) is 0.0320. The molecule has 0 bridgehead atoms. The van der Waals surface area contributed by atoms with Crippen molar-refractivity contribution in [2.24, 2.45) is 27.9 Å². The van der Waals surface area contributed by atoms with E-state index in [1.807, 2.05) is 42.5 Å². The summed E-state index contributed by atoms with van der Waals surface area (Å²) in [6.07, 6.45) is 5.87. The van der Waals surface area contributed by atoms with Gasteiger partial charge in [0.1, 0.15) is 17.8 Å². The normalized spacial score (nSPS) is 10.5. The van der Waals surface area contributed by atoms with Crippen LogP contribution in [0, 0.1) is 30.8 Å². The standard InChI is InChI=1S/C36H44I2N6O2/c1-3-5-7-16-45-33-29(19-27(21-31(33)37)23-43-35(39)40)14-12-25-10-9-11-26(18-25)13-15-30-20-28(24-44-36(41)42)22-32(38)34(30)46-17-8-6-4-2/h9-11,18-22,35,43H,3-8,16-17,23-24,39-40H2,1-2H3,(H4,41,42,44). The summed E-state index contributed by atoms with van der Waals surface area (Å²) in [6.45, 7) is 6.53. The maximum Gasteiger partial charge on any atom is 0.186 e. The lowest BCUT2D eigenvalue weighted by molar-refractivity contribution is 0.303. The van der Waals surface area contributed by atoms with Crippen LogP contribution in [0.15, 0.2) is 53.5 Å². The van der Waals surface area contributed by atoms with Gasteiger partial charge in [-0.25, -0.2) is 4.99 Å². The molecule has 0 spiro atoms. The van der Waals surface area contributed by atoms with E-state index >= 15 is 0 Å². The summed E-state index contributed by atoms with van der Waals surface area (Å²) in [5.41, 5.74) is 27.8. The molecule has 0 aliphatic rings. The predicted molar refractivity (Wildman–Crippen MR) is 205 cm³/mol. The third kappa shape index (κ3) is 13.0. The van der Waals surface area contributed by atoms with Gasteiger partial charge < -0.3 is 32.4 Å². The average Bonchev–Trinajstić information content (AvgIpc) is 3.02. The van der Waals surface area contributed by atoms with Crippen LogP contribution in [0.25, 0.3) is 0 Å². The third-order valence-electron chi connectivity index (χ3n) is 6.73. The lowest BCUT2D eigenvalue weighted by atomic mass is 10.1. The van der Waals surface area contributed by atoms with E-state index in [1.54, 1.807) is 0 Å². The molecule has 8 nitrogen and oxygen atoms in total. The molecule has 9 N–H and O–H groups in total. The Bertz CT molecular complexity index is 1600. The molecule has 0 amide bonds. The maximum absolute atomic E-state index is 6.22. The molecule has 3 rings (SSSR count). The fourth-order valence-electron chi connectivity index (χ4n) is 4.40. The molecule has 0 radical (unpaired) electrons. The number of guanidine groups is 1. The highest BCUT2D eigenvalue weighted by Crippen LogP contribution is 2.29. The second kappa shape index (κ2) is 20.3. The van der Waals surface area contributed by atoms with Gasteiger partial charge in [-0.15, -0.1) is 0 Å². The van der Waals surface area contributed by atoms with Gasteiger partial charge in [0, 0.05) is 17.7 Å². The molecule has 3 aromatic rings. The van der Waals surface area contributed by atoms with Crippen LogP contribution in [0.5, 0.6) is 11.5 Å². The van der Waals surface area contributed by atoms with Crippen molar-refractivity contribution >= 4 is 51.1 Å². The first kappa shape index (κ1) is 37.4. The van der Waals surface area contributed by atoms with E-state index in [1.165, 1.54) is 0 Å². The minimum absolute atomic E-state index is 0.0495. The number of nitrogens with zero attached hydrogens (tertiary/aromatic N) is 1. The van der Waals surface area contributed by atoms with Crippen LogP contribution < -0.4 is 37.7 Å². The maximum atomic E-state index is 6.22. The fraction of sp³-hybridized carbons (Fsp3) is 0.361. The molecular weight excluding hydrogens is 802 g/mol. The van der Waals surface area contributed by atoms with Gasteiger partial charge in [0.25, 0.3) is 0 Å². The van der Waals surface area contributed by atoms with Crippen LogP contribution >= 0.6 is 45.2 Å². The number of aliphatic imine (C=N–C) groups is 1. The molecule has 0 fully saturated rings. The van der Waals surface area contributed by atoms with Crippen LogP contribution in [0.1, 0.15) is 85.8 Å². The number of halogens is 2. The zero-order valence-corrected chi connectivity index (χ0v) is 30.9. The van der Waals surface area contributed by atoms with Crippen LogP contribution in [-0.2, 0) is 13.1 Å². The Morgan fingerprint density at radius 1 is 0.761 bits per heavy atom. The van der Waals surface area contributed by atoms with Crippen molar-refractivity contribution in [1.82, 2.24) is 5.32 Å². The summed E-state index contributed by atoms with van der Waals surface area (Å²) in [4.78, 5) is 4.17. The third-order valence-corrected chi connectivity index (χ3v) is 8.33. The summed E-state index contributed by atoms with van der Waals surface area (Å²) in [6, 6.07) is 16.0. The first-order valence-electron chi connectivity index (χ1n) is 15.5. The van der Waals surface area contributed by atoms with Crippen LogP contribution in [0.4, 0.5) is 0 Å². The number of nitrogens with two attached hydrogens (primary N) is 4. The molecule has 0 aromatic heterocycles. The topological polar surface area (TPSA) is 147 Å². The molecule has 0 atom stereocenters. The van der Waals surface area contributed by atoms with E-state index in [9.17, 15) is 0 Å². The van der Waals surface area contributed by atoms with Crippen molar-refractivity contribution in [3.05, 3.63) is 89.1 Å². The summed E-state index contributed by atoms with van der Waals surface area (Å²) < 4.78 is 14.4. The van der Waals surface area contributed by atoms with Crippen molar-refractivity contribution in [2.75, 3.05) is 13.2 Å². The Morgan fingerprint density at radius 2 is 1.28 bits per heavy atom. The minimum atomic E-state index is -0.603. The zero-order valence-electron chi connectivity index (χ0n) is 26.6. The molecular formula is C36H44I2N6O2. The summed E-state index contributed by atoms with van der Waals surface area (Å²) in [5.74, 6) is 14.9. The Balaban J connectivity index is 1.94. The second-order valence-corrected chi connectivity index (χ2v) is 13.1. The number of ether oxygens (including phenoxy) is 2. The van der Waals surface area contributed by atoms with Crippen LogP contribution in [0.2, 0.25) is 0 Å². The molecule has 0 saturated carbocycles. The number of hydrogen-bond acceptors (Lipinski definition) is 6. The molecule has 46 heavy (non-hydrogen) atoms. The summed E-state index contributed by atoms with van der Waals surface area (Å²) in [5, 5.41) is 3.06. The van der Waals surface area contributed by atoms with Crippen molar-refractivity contribution in [1.29, 1.82) is 0 Å². The van der Waals surface area contributed by atoms with Gasteiger partial charge in [0.15, 0.2) is 5.96 Å². The molecule has 0 aliphatic carbocycles. The zero-order chi connectivity index (χ0) is 33.3.